The van der Waals surface area contributed by atoms with E-state index in [0.717, 1.165) is 17.0 Å². The van der Waals surface area contributed by atoms with Gasteiger partial charge in [-0.2, -0.15) is 0 Å². The van der Waals surface area contributed by atoms with Crippen molar-refractivity contribution >= 4 is 5.69 Å². The van der Waals surface area contributed by atoms with Gasteiger partial charge in [0.15, 0.2) is 0 Å². The Kier molecular flexibility index (Phi) is 3.14. The molecule has 0 fully saturated rings. The molecule has 17 heavy (non-hydrogen) atoms. The van der Waals surface area contributed by atoms with Crippen LogP contribution in [0.2, 0.25) is 0 Å². The fourth-order valence-corrected chi connectivity index (χ4v) is 1.56. The first-order chi connectivity index (χ1) is 8.24. The topological polar surface area (TPSA) is 57.4 Å². The van der Waals surface area contributed by atoms with E-state index in [-0.39, 0.29) is 0 Å². The third kappa shape index (κ3) is 2.30. The molecule has 4 heteroatoms. The van der Waals surface area contributed by atoms with Gasteiger partial charge in [0, 0.05) is 5.56 Å². The van der Waals surface area contributed by atoms with Gasteiger partial charge in [-0.15, -0.1) is 0 Å². The summed E-state index contributed by atoms with van der Waals surface area (Å²) in [4.78, 5) is 4.33. The zero-order valence-corrected chi connectivity index (χ0v) is 9.81. The summed E-state index contributed by atoms with van der Waals surface area (Å²) < 4.78 is 10.3. The maximum absolute atomic E-state index is 5.72. The zero-order chi connectivity index (χ0) is 12.3. The standard InChI is InChI=1S/C13H14N2O2/c1-16-10-5-3-4-9(8-10)12-7-6-11(14)13(15-12)17-2/h3-8H,14H2,1-2H3. The second-order valence-corrected chi connectivity index (χ2v) is 3.53. The fourth-order valence-electron chi connectivity index (χ4n) is 1.56. The molecule has 4 nitrogen and oxygen atoms in total. The summed E-state index contributed by atoms with van der Waals surface area (Å²) in [6.07, 6.45) is 0. The van der Waals surface area contributed by atoms with Crippen molar-refractivity contribution in [3.05, 3.63) is 36.4 Å². The predicted octanol–water partition coefficient (Wildman–Crippen LogP) is 2.35. The van der Waals surface area contributed by atoms with Gasteiger partial charge in [-0.1, -0.05) is 12.1 Å². The molecule has 0 atom stereocenters. The number of nitrogens with two attached hydrogens (primary N) is 1. The summed E-state index contributed by atoms with van der Waals surface area (Å²) in [6, 6.07) is 11.3. The van der Waals surface area contributed by atoms with Crippen LogP contribution < -0.4 is 15.2 Å². The van der Waals surface area contributed by atoms with E-state index < -0.39 is 0 Å². The second-order valence-electron chi connectivity index (χ2n) is 3.53. The van der Waals surface area contributed by atoms with Gasteiger partial charge in [0.1, 0.15) is 5.75 Å². The van der Waals surface area contributed by atoms with Crippen LogP contribution in [0.3, 0.4) is 0 Å². The molecule has 0 aliphatic heterocycles. The molecule has 0 bridgehead atoms. The van der Waals surface area contributed by atoms with Crippen molar-refractivity contribution in [1.29, 1.82) is 0 Å². The number of hydrogen-bond acceptors (Lipinski definition) is 4. The Hall–Kier alpha value is -2.23. The van der Waals surface area contributed by atoms with Gasteiger partial charge in [-0.3, -0.25) is 0 Å². The lowest BCUT2D eigenvalue weighted by Crippen LogP contribution is -1.96. The van der Waals surface area contributed by atoms with E-state index in [0.29, 0.717) is 11.6 Å². The minimum atomic E-state index is 0.435. The first kappa shape index (κ1) is 11.3. The molecular weight excluding hydrogens is 216 g/mol. The molecule has 1 aromatic heterocycles. The molecule has 2 rings (SSSR count). The molecule has 1 heterocycles. The molecule has 0 radical (unpaired) electrons. The Morgan fingerprint density at radius 3 is 2.59 bits per heavy atom. The molecule has 0 spiro atoms. The molecule has 0 aliphatic carbocycles. The molecule has 2 aromatic rings. The Labute approximate surface area is 100 Å². The van der Waals surface area contributed by atoms with Gasteiger partial charge in [0.25, 0.3) is 0 Å². The molecule has 0 amide bonds. The van der Waals surface area contributed by atoms with Crippen LogP contribution in [0.1, 0.15) is 0 Å². The molecule has 0 saturated carbocycles. The molecule has 0 saturated heterocycles. The van der Waals surface area contributed by atoms with Gasteiger partial charge in [0.05, 0.1) is 25.6 Å². The van der Waals surface area contributed by atoms with E-state index in [1.54, 1.807) is 20.3 Å². The van der Waals surface area contributed by atoms with Gasteiger partial charge < -0.3 is 15.2 Å². The smallest absolute Gasteiger partial charge is 0.237 e. The number of methoxy groups -OCH3 is 2. The summed E-state index contributed by atoms with van der Waals surface area (Å²) in [5.41, 5.74) is 8.01. The van der Waals surface area contributed by atoms with Crippen molar-refractivity contribution in [1.82, 2.24) is 4.98 Å². The summed E-state index contributed by atoms with van der Waals surface area (Å²) >= 11 is 0. The van der Waals surface area contributed by atoms with E-state index >= 15 is 0 Å². The SMILES string of the molecule is COc1cccc(-c2ccc(N)c(OC)n2)c1. The number of nitrogens with zero attached hydrogens (tertiary/aromatic N) is 1. The molecule has 1 aromatic carbocycles. The summed E-state index contributed by atoms with van der Waals surface area (Å²) in [6.45, 7) is 0. The minimum absolute atomic E-state index is 0.435. The predicted molar refractivity (Wildman–Crippen MR) is 67.2 cm³/mol. The van der Waals surface area contributed by atoms with Crippen LogP contribution in [0, 0.1) is 0 Å². The highest BCUT2D eigenvalue weighted by Crippen LogP contribution is 2.26. The molecule has 0 aliphatic rings. The van der Waals surface area contributed by atoms with Crippen LogP contribution in [0.15, 0.2) is 36.4 Å². The first-order valence-electron chi connectivity index (χ1n) is 5.19. The highest BCUT2D eigenvalue weighted by molar-refractivity contribution is 5.64. The van der Waals surface area contributed by atoms with Crippen LogP contribution in [-0.2, 0) is 0 Å². The number of ether oxygens (including phenoxy) is 2. The lowest BCUT2D eigenvalue weighted by molar-refractivity contribution is 0.400. The van der Waals surface area contributed by atoms with E-state index in [1.165, 1.54) is 0 Å². The Morgan fingerprint density at radius 1 is 1.06 bits per heavy atom. The van der Waals surface area contributed by atoms with Gasteiger partial charge in [-0.05, 0) is 24.3 Å². The van der Waals surface area contributed by atoms with Gasteiger partial charge in [-0.25, -0.2) is 4.98 Å². The fraction of sp³-hybridized carbons (Fsp3) is 0.154. The monoisotopic (exact) mass is 230 g/mol. The summed E-state index contributed by atoms with van der Waals surface area (Å²) in [5.74, 6) is 1.23. The molecular formula is C13H14N2O2. The van der Waals surface area contributed by atoms with E-state index in [9.17, 15) is 0 Å². The number of pyridine rings is 1. The number of hydrogen-bond donors (Lipinski definition) is 1. The lowest BCUT2D eigenvalue weighted by atomic mass is 10.1. The number of rotatable bonds is 3. The number of aromatic nitrogens is 1. The van der Waals surface area contributed by atoms with Crippen molar-refractivity contribution in [3.8, 4) is 22.9 Å². The number of anilines is 1. The highest BCUT2D eigenvalue weighted by atomic mass is 16.5. The largest absolute Gasteiger partial charge is 0.497 e. The zero-order valence-electron chi connectivity index (χ0n) is 9.81. The maximum atomic E-state index is 5.72. The van der Waals surface area contributed by atoms with Crippen molar-refractivity contribution in [2.24, 2.45) is 0 Å². The molecule has 2 N–H and O–H groups in total. The van der Waals surface area contributed by atoms with Crippen molar-refractivity contribution < 1.29 is 9.47 Å². The maximum Gasteiger partial charge on any atom is 0.237 e. The van der Waals surface area contributed by atoms with Gasteiger partial charge in [0.2, 0.25) is 5.88 Å². The second kappa shape index (κ2) is 4.74. The normalized spacial score (nSPS) is 10.0. The number of nitrogen functional groups attached to an aromatic ring is 1. The van der Waals surface area contributed by atoms with Crippen molar-refractivity contribution in [3.63, 3.8) is 0 Å². The van der Waals surface area contributed by atoms with Crippen LogP contribution in [0.4, 0.5) is 5.69 Å². The first-order valence-corrected chi connectivity index (χ1v) is 5.19. The van der Waals surface area contributed by atoms with Crippen LogP contribution in [0.25, 0.3) is 11.3 Å². The van der Waals surface area contributed by atoms with Crippen LogP contribution in [0.5, 0.6) is 11.6 Å². The molecule has 0 unspecified atom stereocenters. The third-order valence-electron chi connectivity index (χ3n) is 2.45. The van der Waals surface area contributed by atoms with Crippen LogP contribution in [-0.4, -0.2) is 19.2 Å². The van der Waals surface area contributed by atoms with Crippen LogP contribution >= 0.6 is 0 Å². The Balaban J connectivity index is 2.45. The number of benzene rings is 1. The average molecular weight is 230 g/mol. The van der Waals surface area contributed by atoms with Crippen molar-refractivity contribution in [2.45, 2.75) is 0 Å². The van der Waals surface area contributed by atoms with Crippen molar-refractivity contribution in [2.75, 3.05) is 20.0 Å². The molecule has 88 valence electrons. The van der Waals surface area contributed by atoms with E-state index in [2.05, 4.69) is 4.98 Å². The average Bonchev–Trinajstić information content (AvgIpc) is 2.39. The van der Waals surface area contributed by atoms with E-state index in [1.807, 2.05) is 30.3 Å². The minimum Gasteiger partial charge on any atom is -0.497 e. The van der Waals surface area contributed by atoms with Gasteiger partial charge >= 0.3 is 0 Å². The Bertz CT molecular complexity index is 527. The van der Waals surface area contributed by atoms with E-state index in [4.69, 9.17) is 15.2 Å². The quantitative estimate of drug-likeness (QED) is 0.879. The highest BCUT2D eigenvalue weighted by Gasteiger charge is 2.05. The summed E-state index contributed by atoms with van der Waals surface area (Å²) in [7, 11) is 3.18. The third-order valence-corrected chi connectivity index (χ3v) is 2.45. The lowest BCUT2D eigenvalue weighted by Gasteiger charge is -2.07. The Morgan fingerprint density at radius 2 is 1.88 bits per heavy atom. The summed E-state index contributed by atoms with van der Waals surface area (Å²) in [5, 5.41) is 0.